The quantitative estimate of drug-likeness (QED) is 0.0873. The van der Waals surface area contributed by atoms with Crippen LogP contribution in [0.1, 0.15) is 28.1 Å². The van der Waals surface area contributed by atoms with Gasteiger partial charge in [0, 0.05) is 66.5 Å². The molecule has 0 unspecified atom stereocenters. The Bertz CT molecular complexity index is 2850. The van der Waals surface area contributed by atoms with Gasteiger partial charge in [-0.05, 0) is 100 Å². The van der Waals surface area contributed by atoms with Gasteiger partial charge < -0.3 is 77.8 Å². The molecule has 0 N–H and O–H groups in total. The third-order valence-corrected chi connectivity index (χ3v) is 10.7. The molecule has 4 aromatic rings. The second-order valence-corrected chi connectivity index (χ2v) is 14.7. The van der Waals surface area contributed by atoms with Gasteiger partial charge in [0.25, 0.3) is 0 Å². The molecule has 0 saturated heterocycles. The van der Waals surface area contributed by atoms with Crippen molar-refractivity contribution in [2.45, 2.75) is 19.6 Å². The second-order valence-electron chi connectivity index (χ2n) is 14.7. The molecule has 0 saturated carbocycles. The standard InChI is InChI=1S/C52H44N8.4BrH.Zn/c1-5-25-57-29-17-37(18-30-57)49-41-9-11-43(53-41)50(38-19-31-58(26-6-2)32-20-38)45-13-15-47(55-45)52(40-23-35-60(28-8-4)36-24-40)48-16-14-46(56-48)51(44-12-10-42(49)54-44)39-21-33-59(27-7-3)34-22-39;;;;;/h5-24,29-36H,1-4,25-28H2;4*1H;/q+2;;;;;+2/p-4. The van der Waals surface area contributed by atoms with Crippen molar-refractivity contribution in [2.75, 3.05) is 6.54 Å². The minimum absolute atomic E-state index is 0. The fourth-order valence-corrected chi connectivity index (χ4v) is 7.85. The zero-order valence-electron chi connectivity index (χ0n) is 35.6. The summed E-state index contributed by atoms with van der Waals surface area (Å²) in [5, 5.41) is 0. The number of aliphatic imine (C=N–C) groups is 3. The van der Waals surface area contributed by atoms with E-state index in [0.29, 0.717) is 26.2 Å². The molecule has 322 valence electrons. The van der Waals surface area contributed by atoms with Crippen molar-refractivity contribution in [3.05, 3.63) is 254 Å². The van der Waals surface area contributed by atoms with E-state index in [4.69, 9.17) is 20.0 Å². The van der Waals surface area contributed by atoms with Crippen LogP contribution in [0.5, 0.6) is 0 Å². The maximum Gasteiger partial charge on any atom is 2.00 e. The Morgan fingerprint density at radius 2 is 0.800 bits per heavy atom. The molecule has 4 aromatic heterocycles. The summed E-state index contributed by atoms with van der Waals surface area (Å²) in [7, 11) is 0. The SMILES string of the molecule is C=CCN1C=CC(=C2C3=NC(=C(c4cc[n+](CC=C)cc4)C4=NC(=C(c5cc[n+](CC=C)cc5)c5ccc([n-]5)C(c5cc[n+](CC=C)cc5)=C5C=CC2=N5)C=C4)C=C3)C=C1.[Br-].[Br-].[Br-].[Br-].[Zn+2]. The third-order valence-electron chi connectivity index (χ3n) is 10.7. The molecule has 8 bridgehead atoms. The van der Waals surface area contributed by atoms with Crippen molar-refractivity contribution in [1.82, 2.24) is 9.88 Å². The molecule has 9 heterocycles. The minimum atomic E-state index is 0. The minimum Gasteiger partial charge on any atom is -1.00 e. The summed E-state index contributed by atoms with van der Waals surface area (Å²) in [4.78, 5) is 23.7. The van der Waals surface area contributed by atoms with Crippen molar-refractivity contribution >= 4 is 33.9 Å². The van der Waals surface area contributed by atoms with Gasteiger partial charge in [0.05, 0.1) is 34.2 Å². The van der Waals surface area contributed by atoms with Crippen LogP contribution >= 0.6 is 0 Å². The van der Waals surface area contributed by atoms with Crippen molar-refractivity contribution in [1.29, 1.82) is 0 Å². The third kappa shape index (κ3) is 11.0. The number of allylic oxidation sites excluding steroid dienone is 14. The number of aromatic nitrogens is 4. The molecule has 0 spiro atoms. The maximum absolute atomic E-state index is 5.41. The molecule has 5 aliphatic rings. The van der Waals surface area contributed by atoms with E-state index < -0.39 is 0 Å². The van der Waals surface area contributed by atoms with Crippen molar-refractivity contribution in [2.24, 2.45) is 15.0 Å². The molecule has 0 aliphatic carbocycles. The van der Waals surface area contributed by atoms with Gasteiger partial charge in [-0.3, -0.25) is 0 Å². The monoisotopic (exact) mass is 1160 g/mol. The molecule has 5 aliphatic heterocycles. The molecule has 65 heavy (non-hydrogen) atoms. The first-order chi connectivity index (χ1) is 29.5. The number of nitrogens with zero attached hydrogens (tertiary/aromatic N) is 8. The molecule has 9 rings (SSSR count). The van der Waals surface area contributed by atoms with Crippen LogP contribution in [-0.4, -0.2) is 28.6 Å². The summed E-state index contributed by atoms with van der Waals surface area (Å²) in [5.41, 5.74) is 14.2. The molecule has 13 heteroatoms. The van der Waals surface area contributed by atoms with Crippen LogP contribution in [0.15, 0.2) is 241 Å². The molecule has 0 fully saturated rings. The van der Waals surface area contributed by atoms with E-state index in [1.165, 1.54) is 0 Å². The fourth-order valence-electron chi connectivity index (χ4n) is 7.85. The van der Waals surface area contributed by atoms with Crippen LogP contribution in [0.4, 0.5) is 0 Å². The number of hydrogen-bond donors (Lipinski definition) is 0. The summed E-state index contributed by atoms with van der Waals surface area (Å²) < 4.78 is 6.28. The van der Waals surface area contributed by atoms with Crippen LogP contribution in [0.25, 0.3) is 16.7 Å². The smallest absolute Gasteiger partial charge is 1.00 e. The molecule has 8 nitrogen and oxygen atoms in total. The Balaban J connectivity index is 0.00000185. The number of hydrogen-bond acceptors (Lipinski definition) is 4. The first kappa shape index (κ1) is 52.3. The van der Waals surface area contributed by atoms with Crippen molar-refractivity contribution < 1.29 is 101 Å². The average Bonchev–Trinajstić information content (AvgIpc) is 4.12. The van der Waals surface area contributed by atoms with Gasteiger partial charge in [0.15, 0.2) is 56.8 Å². The molecule has 0 amide bonds. The predicted octanol–water partition coefficient (Wildman–Crippen LogP) is -4.12. The number of fused-ring (bicyclic) bond motifs is 5. The van der Waals surface area contributed by atoms with Gasteiger partial charge in [0.2, 0.25) is 0 Å². The van der Waals surface area contributed by atoms with E-state index in [2.05, 4.69) is 192 Å². The Kier molecular flexibility index (Phi) is 19.1. The molecule has 0 aromatic carbocycles. The Morgan fingerprint density at radius 3 is 1.17 bits per heavy atom. The summed E-state index contributed by atoms with van der Waals surface area (Å²) in [6.45, 7) is 18.5. The summed E-state index contributed by atoms with van der Waals surface area (Å²) in [5.74, 6) is 0. The number of halogens is 4. The zero-order chi connectivity index (χ0) is 41.0. The van der Waals surface area contributed by atoms with Crippen molar-refractivity contribution in [3.63, 3.8) is 0 Å². The largest absolute Gasteiger partial charge is 2.00 e. The van der Waals surface area contributed by atoms with E-state index >= 15 is 0 Å². The number of pyridine rings is 3. The summed E-state index contributed by atoms with van der Waals surface area (Å²) in [6, 6.07) is 16.9. The van der Waals surface area contributed by atoms with Gasteiger partial charge in [0.1, 0.15) is 0 Å². The van der Waals surface area contributed by atoms with E-state index in [9.17, 15) is 0 Å². The van der Waals surface area contributed by atoms with Gasteiger partial charge in [-0.25, -0.2) is 28.7 Å². The van der Waals surface area contributed by atoms with E-state index in [1.54, 1.807) is 0 Å². The van der Waals surface area contributed by atoms with Crippen LogP contribution in [0, 0.1) is 0 Å². The van der Waals surface area contributed by atoms with Crippen LogP contribution in [0.2, 0.25) is 0 Å². The Morgan fingerprint density at radius 1 is 0.446 bits per heavy atom. The van der Waals surface area contributed by atoms with E-state index in [1.807, 2.05) is 24.3 Å². The molecular weight excluding hydrogens is 1120 g/mol. The summed E-state index contributed by atoms with van der Waals surface area (Å²) in [6.07, 6.45) is 40.9. The second kappa shape index (κ2) is 23.8. The van der Waals surface area contributed by atoms with E-state index in [0.717, 1.165) is 90.2 Å². The van der Waals surface area contributed by atoms with Crippen LogP contribution < -0.4 is 86.6 Å². The zero-order valence-corrected chi connectivity index (χ0v) is 44.9. The molecule has 0 atom stereocenters. The molecule has 0 radical (unpaired) electrons. The Hall–Kier alpha value is -5.30. The van der Waals surface area contributed by atoms with Gasteiger partial charge in [-0.1, -0.05) is 37.9 Å². The first-order valence-electron chi connectivity index (χ1n) is 20.0. The van der Waals surface area contributed by atoms with Gasteiger partial charge >= 0.3 is 19.5 Å². The van der Waals surface area contributed by atoms with Gasteiger partial charge in [-0.2, -0.15) is 0 Å². The average molecular weight is 1170 g/mol. The first-order valence-corrected chi connectivity index (χ1v) is 20.0. The number of rotatable bonds is 11. The topological polar surface area (TPSA) is 66.1 Å². The predicted molar refractivity (Wildman–Crippen MR) is 241 cm³/mol. The molecular formula is C52H44Br4N8Zn. The van der Waals surface area contributed by atoms with E-state index in [-0.39, 0.29) is 87.4 Å². The normalized spacial score (nSPS) is 15.3. The fraction of sp³-hybridized carbons (Fsp3) is 0.0769. The van der Waals surface area contributed by atoms with Crippen LogP contribution in [-0.2, 0) is 39.1 Å². The van der Waals surface area contributed by atoms with Crippen molar-refractivity contribution in [3.8, 4) is 0 Å². The Labute approximate surface area is 436 Å². The maximum atomic E-state index is 5.41. The van der Waals surface area contributed by atoms with Gasteiger partial charge in [-0.15, -0.1) is 18.0 Å². The summed E-state index contributed by atoms with van der Waals surface area (Å²) >= 11 is 0. The van der Waals surface area contributed by atoms with Crippen LogP contribution in [0.3, 0.4) is 0 Å².